The molecule has 0 radical (unpaired) electrons. The number of hydrogen-bond acceptors (Lipinski definition) is 9. The number of carbonyl (C=O) groups excluding carboxylic acids is 2. The van der Waals surface area contributed by atoms with Crippen molar-refractivity contribution in [2.75, 3.05) is 19.8 Å². The molecule has 0 saturated carbocycles. The van der Waals surface area contributed by atoms with E-state index < -0.39 is 51.1 Å². The second kappa shape index (κ2) is 39.3. The maximum Gasteiger partial charge on any atom is 0.472 e. The van der Waals surface area contributed by atoms with E-state index in [0.717, 1.165) is 77.0 Å². The van der Waals surface area contributed by atoms with Crippen molar-refractivity contribution >= 4 is 25.7 Å². The molecule has 0 aliphatic carbocycles. The van der Waals surface area contributed by atoms with E-state index in [1.54, 1.807) is 0 Å². The number of carboxylic acids is 1. The van der Waals surface area contributed by atoms with Gasteiger partial charge in [0.1, 0.15) is 12.6 Å². The lowest BCUT2D eigenvalue weighted by Gasteiger charge is -2.20. The fourth-order valence-corrected chi connectivity index (χ4v) is 6.39. The molecule has 0 fully saturated rings. The van der Waals surface area contributed by atoms with Crippen molar-refractivity contribution in [2.24, 2.45) is 5.73 Å². The van der Waals surface area contributed by atoms with E-state index >= 15 is 0 Å². The van der Waals surface area contributed by atoms with Crippen LogP contribution in [0.4, 0.5) is 0 Å². The Morgan fingerprint density at radius 3 is 1.54 bits per heavy atom. The van der Waals surface area contributed by atoms with E-state index in [1.807, 2.05) is 0 Å². The molecule has 0 aromatic carbocycles. The van der Waals surface area contributed by atoms with Crippen LogP contribution >= 0.6 is 7.82 Å². The Balaban J connectivity index is 4.41. The summed E-state index contributed by atoms with van der Waals surface area (Å²) in [6, 6.07) is -1.53. The SMILES string of the molecule is CCCCC/C=C/C/C=C/CCCCCCCCCC(=O)O[C@H](COC(=O)CCCCCCC/C=C/C=C/CCCCCC)COP(=O)(O)OC[C@H](N)C(=O)O. The average Bonchev–Trinajstić information content (AvgIpc) is 3.17. The summed E-state index contributed by atoms with van der Waals surface area (Å²) in [6.07, 6.45) is 43.1. The first kappa shape index (κ1) is 53.4. The molecule has 0 spiro atoms. The third kappa shape index (κ3) is 38.3. The third-order valence-electron chi connectivity index (χ3n) is 9.08. The molecule has 11 nitrogen and oxygen atoms in total. The number of aliphatic carboxylic acids is 1. The second-order valence-electron chi connectivity index (χ2n) is 14.5. The summed E-state index contributed by atoms with van der Waals surface area (Å²) in [5, 5.41) is 8.88. The predicted octanol–water partition coefficient (Wildman–Crippen LogP) is 11.4. The van der Waals surface area contributed by atoms with Gasteiger partial charge in [-0.15, -0.1) is 0 Å². The summed E-state index contributed by atoms with van der Waals surface area (Å²) in [7, 11) is -4.72. The van der Waals surface area contributed by atoms with Crippen LogP contribution in [0.25, 0.3) is 0 Å². The Bertz CT molecular complexity index is 1140. The van der Waals surface area contributed by atoms with Gasteiger partial charge in [0.15, 0.2) is 6.10 Å². The van der Waals surface area contributed by atoms with Gasteiger partial charge in [-0.3, -0.25) is 23.4 Å². The minimum absolute atomic E-state index is 0.147. The number of phosphoric acid groups is 1. The predicted molar refractivity (Wildman–Crippen MR) is 226 cm³/mol. The molecule has 0 amide bonds. The van der Waals surface area contributed by atoms with Crippen molar-refractivity contribution < 1.29 is 47.5 Å². The highest BCUT2D eigenvalue weighted by Crippen LogP contribution is 2.43. The van der Waals surface area contributed by atoms with Gasteiger partial charge in [0, 0.05) is 12.8 Å². The minimum atomic E-state index is -4.72. The lowest BCUT2D eigenvalue weighted by Crippen LogP contribution is -2.34. The molecule has 0 aromatic heterocycles. The molecule has 56 heavy (non-hydrogen) atoms. The Morgan fingerprint density at radius 2 is 1.00 bits per heavy atom. The molecule has 4 N–H and O–H groups in total. The monoisotopic (exact) mass is 812 g/mol. The molecular weight excluding hydrogens is 733 g/mol. The minimum Gasteiger partial charge on any atom is -0.480 e. The number of carbonyl (C=O) groups is 3. The fraction of sp³-hybridized carbons (Fsp3) is 0.750. The molecule has 0 aliphatic rings. The largest absolute Gasteiger partial charge is 0.480 e. The van der Waals surface area contributed by atoms with E-state index in [0.29, 0.717) is 12.8 Å². The number of ether oxygens (including phenoxy) is 2. The Labute approximate surface area is 339 Å². The Kier molecular flexibility index (Phi) is 37.5. The normalized spacial score (nSPS) is 14.2. The molecule has 0 saturated heterocycles. The van der Waals surface area contributed by atoms with E-state index in [1.165, 1.54) is 64.2 Å². The van der Waals surface area contributed by atoms with Crippen LogP contribution in [0.2, 0.25) is 0 Å². The van der Waals surface area contributed by atoms with E-state index in [-0.39, 0.29) is 19.4 Å². The number of nitrogens with two attached hydrogens (primary N) is 1. The maximum absolute atomic E-state index is 12.6. The third-order valence-corrected chi connectivity index (χ3v) is 10.0. The van der Waals surface area contributed by atoms with Crippen LogP contribution in [0.5, 0.6) is 0 Å². The zero-order chi connectivity index (χ0) is 41.4. The van der Waals surface area contributed by atoms with Crippen molar-refractivity contribution in [3.05, 3.63) is 48.6 Å². The first-order valence-corrected chi connectivity index (χ1v) is 23.2. The second-order valence-corrected chi connectivity index (χ2v) is 16.0. The van der Waals surface area contributed by atoms with Crippen molar-refractivity contribution in [3.8, 4) is 0 Å². The van der Waals surface area contributed by atoms with Crippen LogP contribution in [0.1, 0.15) is 181 Å². The molecule has 12 heteroatoms. The standard InChI is InChI=1S/C44H78NO10P/c1-3-5-7-9-11-13-15-17-19-20-22-24-26-28-30-32-34-36-43(47)55-40(38-53-56(50,51)54-39-41(45)44(48)49)37-52-42(46)35-33-31-29-27-25-23-21-18-16-14-12-10-8-6-4-2/h11,13-14,16-19,21,40-41H,3-10,12,15,20,22-39,45H2,1-2H3,(H,48,49)(H,50,51)/b13-11+,16-14+,19-17+,21-18+/t40-,41+/m1/s1. The number of allylic oxidation sites excluding steroid dienone is 8. The van der Waals surface area contributed by atoms with Crippen LogP contribution in [-0.2, 0) is 37.5 Å². The molecule has 0 bridgehead atoms. The van der Waals surface area contributed by atoms with Gasteiger partial charge in [-0.1, -0.05) is 146 Å². The van der Waals surface area contributed by atoms with Crippen molar-refractivity contribution in [1.29, 1.82) is 0 Å². The summed E-state index contributed by atoms with van der Waals surface area (Å²) in [5.41, 5.74) is 5.33. The summed E-state index contributed by atoms with van der Waals surface area (Å²) in [5.74, 6) is -2.41. The first-order chi connectivity index (χ1) is 27.1. The van der Waals surface area contributed by atoms with Crippen molar-refractivity contribution in [1.82, 2.24) is 0 Å². The lowest BCUT2D eigenvalue weighted by atomic mass is 10.1. The van der Waals surface area contributed by atoms with Gasteiger partial charge in [0.05, 0.1) is 13.2 Å². The quantitative estimate of drug-likeness (QED) is 0.0177. The van der Waals surface area contributed by atoms with Gasteiger partial charge >= 0.3 is 25.7 Å². The zero-order valence-electron chi connectivity index (χ0n) is 35.0. The van der Waals surface area contributed by atoms with Gasteiger partial charge in [-0.2, -0.15) is 0 Å². The van der Waals surface area contributed by atoms with E-state index in [9.17, 15) is 23.8 Å². The molecular formula is C44H78NO10P. The van der Waals surface area contributed by atoms with Crippen LogP contribution in [0.15, 0.2) is 48.6 Å². The van der Waals surface area contributed by atoms with Gasteiger partial charge in [-0.05, 0) is 70.6 Å². The summed E-state index contributed by atoms with van der Waals surface area (Å²) < 4.78 is 32.7. The Morgan fingerprint density at radius 1 is 0.571 bits per heavy atom. The number of phosphoric ester groups is 1. The highest BCUT2D eigenvalue weighted by molar-refractivity contribution is 7.47. The topological polar surface area (TPSA) is 172 Å². The van der Waals surface area contributed by atoms with Gasteiger partial charge in [-0.25, -0.2) is 4.57 Å². The Hall–Kier alpha value is -2.56. The van der Waals surface area contributed by atoms with E-state index in [4.69, 9.17) is 24.8 Å². The average molecular weight is 812 g/mol. The highest BCUT2D eigenvalue weighted by atomic mass is 31.2. The van der Waals surface area contributed by atoms with Crippen molar-refractivity contribution in [2.45, 2.75) is 193 Å². The molecule has 0 aliphatic heterocycles. The molecule has 1 unspecified atom stereocenters. The van der Waals surface area contributed by atoms with E-state index in [2.05, 4.69) is 67.0 Å². The fourth-order valence-electron chi connectivity index (χ4n) is 5.61. The van der Waals surface area contributed by atoms with Crippen LogP contribution in [0.3, 0.4) is 0 Å². The van der Waals surface area contributed by atoms with Gasteiger partial charge in [0.25, 0.3) is 0 Å². The summed E-state index contributed by atoms with van der Waals surface area (Å²) in [6.45, 7) is 2.73. The van der Waals surface area contributed by atoms with Crippen LogP contribution in [-0.4, -0.2) is 59.9 Å². The number of hydrogen-bond donors (Lipinski definition) is 3. The summed E-state index contributed by atoms with van der Waals surface area (Å²) >= 11 is 0. The molecule has 0 heterocycles. The molecule has 324 valence electrons. The zero-order valence-corrected chi connectivity index (χ0v) is 35.9. The number of rotatable bonds is 40. The number of carboxylic acid groups (broad SMARTS) is 1. The maximum atomic E-state index is 12.6. The number of unbranched alkanes of at least 4 members (excludes halogenated alkanes) is 19. The smallest absolute Gasteiger partial charge is 0.472 e. The molecule has 0 rings (SSSR count). The van der Waals surface area contributed by atoms with Crippen LogP contribution < -0.4 is 5.73 Å². The molecule has 0 aromatic rings. The molecule has 3 atom stereocenters. The van der Waals surface area contributed by atoms with Gasteiger partial charge in [0.2, 0.25) is 0 Å². The van der Waals surface area contributed by atoms with Crippen molar-refractivity contribution in [3.63, 3.8) is 0 Å². The lowest BCUT2D eigenvalue weighted by molar-refractivity contribution is -0.161. The van der Waals surface area contributed by atoms with Gasteiger partial charge < -0.3 is 25.2 Å². The summed E-state index contributed by atoms with van der Waals surface area (Å²) in [4.78, 5) is 45.9. The number of esters is 2. The van der Waals surface area contributed by atoms with Crippen LogP contribution in [0, 0.1) is 0 Å². The first-order valence-electron chi connectivity index (χ1n) is 21.7. The highest BCUT2D eigenvalue weighted by Gasteiger charge is 2.28.